The Morgan fingerprint density at radius 3 is 2.47 bits per heavy atom. The van der Waals surface area contributed by atoms with Crippen LogP contribution in [0.3, 0.4) is 0 Å². The van der Waals surface area contributed by atoms with Gasteiger partial charge in [-0.2, -0.15) is 0 Å². The summed E-state index contributed by atoms with van der Waals surface area (Å²) in [7, 11) is 0. The molecular formula is C11H24N4O2. The topological polar surface area (TPSA) is 124 Å². The van der Waals surface area contributed by atoms with Gasteiger partial charge in [-0.25, -0.2) is 0 Å². The van der Waals surface area contributed by atoms with Crippen LogP contribution >= 0.6 is 0 Å². The third kappa shape index (κ3) is 8.79. The van der Waals surface area contributed by atoms with Crippen molar-refractivity contribution >= 4 is 12.2 Å². The molecule has 0 saturated carbocycles. The molecule has 0 aliphatic carbocycles. The van der Waals surface area contributed by atoms with Crippen LogP contribution in [0.25, 0.3) is 0 Å². The van der Waals surface area contributed by atoms with Gasteiger partial charge in [0.15, 0.2) is 0 Å². The third-order valence-corrected chi connectivity index (χ3v) is 2.49. The maximum atomic E-state index is 11.4. The number of nitrogens with one attached hydrogen (secondary N) is 1. The molecule has 0 aliphatic rings. The fourth-order valence-electron chi connectivity index (χ4n) is 1.38. The molecule has 0 fully saturated rings. The molecule has 1 amide bonds. The van der Waals surface area contributed by atoms with Crippen molar-refractivity contribution in [1.82, 2.24) is 5.32 Å². The monoisotopic (exact) mass is 244 g/mol. The van der Waals surface area contributed by atoms with Gasteiger partial charge in [-0.1, -0.05) is 0 Å². The lowest BCUT2D eigenvalue weighted by Gasteiger charge is -2.11. The molecule has 0 unspecified atom stereocenters. The van der Waals surface area contributed by atoms with Gasteiger partial charge in [0.05, 0.1) is 12.1 Å². The van der Waals surface area contributed by atoms with Crippen molar-refractivity contribution in [3.8, 4) is 0 Å². The highest BCUT2D eigenvalue weighted by molar-refractivity contribution is 5.81. The predicted molar refractivity (Wildman–Crippen MR) is 67.2 cm³/mol. The Morgan fingerprint density at radius 2 is 1.88 bits per heavy atom. The molecule has 2 atom stereocenters. The number of rotatable bonds is 10. The molecule has 6 heteroatoms. The van der Waals surface area contributed by atoms with Crippen molar-refractivity contribution < 1.29 is 9.59 Å². The van der Waals surface area contributed by atoms with Crippen molar-refractivity contribution in [1.29, 1.82) is 0 Å². The van der Waals surface area contributed by atoms with E-state index in [-0.39, 0.29) is 5.91 Å². The number of carbonyl (C=O) groups is 2. The van der Waals surface area contributed by atoms with E-state index < -0.39 is 12.1 Å². The van der Waals surface area contributed by atoms with E-state index in [9.17, 15) is 9.59 Å². The normalized spacial score (nSPS) is 14.1. The number of aldehydes is 1. The maximum absolute atomic E-state index is 11.4. The molecule has 0 rings (SSSR count). The van der Waals surface area contributed by atoms with Crippen molar-refractivity contribution in [2.24, 2.45) is 17.2 Å². The standard InChI is InChI=1S/C11H24N4O2/c12-6-3-5-10(14)11(17)15-7-2-1-4-9(13)8-16/h8-10H,1-7,12-14H2,(H,15,17)/t9-,10+/m0/s1. The quantitative estimate of drug-likeness (QED) is 0.286. The largest absolute Gasteiger partial charge is 0.355 e. The first-order valence-electron chi connectivity index (χ1n) is 6.06. The summed E-state index contributed by atoms with van der Waals surface area (Å²) in [5.74, 6) is -0.141. The first-order chi connectivity index (χ1) is 8.11. The van der Waals surface area contributed by atoms with Gasteiger partial charge >= 0.3 is 0 Å². The molecule has 0 bridgehead atoms. The van der Waals surface area contributed by atoms with Crippen LogP contribution in [0, 0.1) is 0 Å². The number of hydrogen-bond acceptors (Lipinski definition) is 5. The molecule has 0 radical (unpaired) electrons. The molecule has 0 aromatic rings. The van der Waals surface area contributed by atoms with E-state index in [0.717, 1.165) is 25.5 Å². The van der Waals surface area contributed by atoms with Crippen LogP contribution in [0.4, 0.5) is 0 Å². The van der Waals surface area contributed by atoms with E-state index in [1.807, 2.05) is 0 Å². The Labute approximate surface area is 102 Å². The summed E-state index contributed by atoms with van der Waals surface area (Å²) in [5.41, 5.74) is 16.4. The number of nitrogens with two attached hydrogens (primary N) is 3. The molecule has 0 saturated heterocycles. The Hall–Kier alpha value is -0.980. The Balaban J connectivity index is 3.47. The minimum Gasteiger partial charge on any atom is -0.355 e. The lowest BCUT2D eigenvalue weighted by atomic mass is 10.1. The highest BCUT2D eigenvalue weighted by Crippen LogP contribution is 1.97. The molecule has 0 aromatic heterocycles. The van der Waals surface area contributed by atoms with E-state index in [1.165, 1.54) is 0 Å². The van der Waals surface area contributed by atoms with Crippen molar-refractivity contribution in [2.45, 2.75) is 44.2 Å². The maximum Gasteiger partial charge on any atom is 0.236 e. The lowest BCUT2D eigenvalue weighted by molar-refractivity contribution is -0.122. The molecule has 0 aliphatic heterocycles. The number of hydrogen-bond donors (Lipinski definition) is 4. The minimum atomic E-state index is -0.476. The highest BCUT2D eigenvalue weighted by atomic mass is 16.2. The smallest absolute Gasteiger partial charge is 0.236 e. The Morgan fingerprint density at radius 1 is 1.18 bits per heavy atom. The first-order valence-corrected chi connectivity index (χ1v) is 6.06. The average molecular weight is 244 g/mol. The van der Waals surface area contributed by atoms with E-state index >= 15 is 0 Å². The summed E-state index contributed by atoms with van der Waals surface area (Å²) in [6, 6.07) is -0.867. The average Bonchev–Trinajstić information content (AvgIpc) is 2.34. The van der Waals surface area contributed by atoms with Crippen LogP contribution in [0.1, 0.15) is 32.1 Å². The SMILES string of the molecule is NCCC[C@@H](N)C(=O)NCCCC[C@H](N)C=O. The van der Waals surface area contributed by atoms with Crippen molar-refractivity contribution in [3.05, 3.63) is 0 Å². The fourth-order valence-corrected chi connectivity index (χ4v) is 1.38. The van der Waals surface area contributed by atoms with Gasteiger partial charge in [0.25, 0.3) is 0 Å². The number of unbranched alkanes of at least 4 members (excludes halogenated alkanes) is 1. The minimum absolute atomic E-state index is 0.141. The van der Waals surface area contributed by atoms with Gasteiger partial charge < -0.3 is 27.3 Å². The van der Waals surface area contributed by atoms with Crippen molar-refractivity contribution in [2.75, 3.05) is 13.1 Å². The van der Waals surface area contributed by atoms with E-state index in [0.29, 0.717) is 25.9 Å². The summed E-state index contributed by atoms with van der Waals surface area (Å²) in [5, 5.41) is 2.75. The summed E-state index contributed by atoms with van der Waals surface area (Å²) < 4.78 is 0. The van der Waals surface area contributed by atoms with Gasteiger partial charge in [0, 0.05) is 6.54 Å². The first kappa shape index (κ1) is 16.0. The zero-order valence-corrected chi connectivity index (χ0v) is 10.2. The fraction of sp³-hybridized carbons (Fsp3) is 0.818. The predicted octanol–water partition coefficient (Wildman–Crippen LogP) is -1.13. The molecule has 100 valence electrons. The Kier molecular flexibility index (Phi) is 9.60. The lowest BCUT2D eigenvalue weighted by Crippen LogP contribution is -2.41. The Bertz CT molecular complexity index is 224. The van der Waals surface area contributed by atoms with Crippen molar-refractivity contribution in [3.63, 3.8) is 0 Å². The molecule has 0 aromatic carbocycles. The second-order valence-corrected chi connectivity index (χ2v) is 4.12. The number of carbonyl (C=O) groups excluding carboxylic acids is 2. The van der Waals surface area contributed by atoms with Crippen LogP contribution < -0.4 is 22.5 Å². The molecule has 0 heterocycles. The van der Waals surface area contributed by atoms with E-state index in [2.05, 4.69) is 5.32 Å². The molecule has 6 nitrogen and oxygen atoms in total. The second-order valence-electron chi connectivity index (χ2n) is 4.12. The summed E-state index contributed by atoms with van der Waals surface area (Å²) in [6.45, 7) is 1.12. The van der Waals surface area contributed by atoms with Gasteiger partial charge in [-0.15, -0.1) is 0 Å². The third-order valence-electron chi connectivity index (χ3n) is 2.49. The molecular weight excluding hydrogens is 220 g/mol. The summed E-state index contributed by atoms with van der Waals surface area (Å²) in [6.07, 6.45) is 4.37. The van der Waals surface area contributed by atoms with E-state index in [1.54, 1.807) is 0 Å². The second kappa shape index (κ2) is 10.2. The molecule has 0 spiro atoms. The van der Waals surface area contributed by atoms with Gasteiger partial charge in [0.2, 0.25) is 5.91 Å². The summed E-state index contributed by atoms with van der Waals surface area (Å²) in [4.78, 5) is 21.7. The van der Waals surface area contributed by atoms with Gasteiger partial charge in [-0.05, 0) is 38.6 Å². The van der Waals surface area contributed by atoms with Crippen LogP contribution in [0.15, 0.2) is 0 Å². The number of amides is 1. The van der Waals surface area contributed by atoms with Gasteiger partial charge in [-0.3, -0.25) is 4.79 Å². The molecule has 17 heavy (non-hydrogen) atoms. The molecule has 7 N–H and O–H groups in total. The van der Waals surface area contributed by atoms with E-state index in [4.69, 9.17) is 17.2 Å². The van der Waals surface area contributed by atoms with Gasteiger partial charge in [0.1, 0.15) is 6.29 Å². The van der Waals surface area contributed by atoms with Crippen LogP contribution in [-0.2, 0) is 9.59 Å². The van der Waals surface area contributed by atoms with Crippen LogP contribution in [0.5, 0.6) is 0 Å². The summed E-state index contributed by atoms with van der Waals surface area (Å²) >= 11 is 0. The van der Waals surface area contributed by atoms with Crippen LogP contribution in [0.2, 0.25) is 0 Å². The zero-order valence-electron chi connectivity index (χ0n) is 10.2. The van der Waals surface area contributed by atoms with Crippen LogP contribution in [-0.4, -0.2) is 37.4 Å². The highest BCUT2D eigenvalue weighted by Gasteiger charge is 2.11. The zero-order chi connectivity index (χ0) is 13.1.